The van der Waals surface area contributed by atoms with Gasteiger partial charge in [0.2, 0.25) is 5.91 Å². The third-order valence-corrected chi connectivity index (χ3v) is 4.14. The van der Waals surface area contributed by atoms with Gasteiger partial charge in [-0.25, -0.2) is 4.90 Å². The summed E-state index contributed by atoms with van der Waals surface area (Å²) >= 11 is 1.21. The van der Waals surface area contributed by atoms with Crippen LogP contribution in [0, 0.1) is 0 Å². The van der Waals surface area contributed by atoms with Crippen molar-refractivity contribution in [2.45, 2.75) is 20.8 Å². The molecular formula is C16H17N3O3S. The number of benzene rings is 1. The Kier molecular flexibility index (Phi) is 4.90. The number of ketones is 1. The molecule has 7 heteroatoms. The zero-order valence-electron chi connectivity index (χ0n) is 13.3. The molecule has 2 rings (SSSR count). The van der Waals surface area contributed by atoms with Crippen molar-refractivity contribution < 1.29 is 14.4 Å². The zero-order chi connectivity index (χ0) is 17.1. The van der Waals surface area contributed by atoms with Gasteiger partial charge in [-0.15, -0.1) is 0 Å². The Labute approximate surface area is 138 Å². The molecule has 0 atom stereocenters. The molecule has 0 saturated carbocycles. The minimum Gasteiger partial charge on any atom is -0.391 e. The van der Waals surface area contributed by atoms with E-state index in [0.717, 1.165) is 9.60 Å². The van der Waals surface area contributed by atoms with E-state index < -0.39 is 11.8 Å². The molecule has 0 aliphatic heterocycles. The molecule has 0 aliphatic rings. The summed E-state index contributed by atoms with van der Waals surface area (Å²) in [6.45, 7) is 4.49. The number of fused-ring (bicyclic) bond motifs is 1. The number of rotatable bonds is 4. The van der Waals surface area contributed by atoms with E-state index in [4.69, 9.17) is 0 Å². The Hall–Kier alpha value is -2.54. The molecule has 2 aromatic rings. The molecule has 1 N–H and O–H groups in total. The van der Waals surface area contributed by atoms with E-state index in [1.807, 2.05) is 0 Å². The summed E-state index contributed by atoms with van der Waals surface area (Å²) in [5.74, 6) is -1.00. The van der Waals surface area contributed by atoms with Gasteiger partial charge in [-0.2, -0.15) is 4.37 Å². The monoisotopic (exact) mass is 331 g/mol. The lowest BCUT2D eigenvalue weighted by Gasteiger charge is -2.18. The van der Waals surface area contributed by atoms with E-state index >= 15 is 0 Å². The molecule has 23 heavy (non-hydrogen) atoms. The topological polar surface area (TPSA) is 79.4 Å². The Balaban J connectivity index is 2.54. The molecule has 120 valence electrons. The number of amides is 2. The first-order valence-corrected chi connectivity index (χ1v) is 7.73. The molecule has 0 aliphatic carbocycles. The van der Waals surface area contributed by atoms with Crippen LogP contribution in [0.1, 0.15) is 31.3 Å². The van der Waals surface area contributed by atoms with Gasteiger partial charge in [0.05, 0.1) is 10.4 Å². The van der Waals surface area contributed by atoms with E-state index in [0.29, 0.717) is 22.5 Å². The number of carbonyl (C=O) groups excluding carboxylic acids is 3. The van der Waals surface area contributed by atoms with Crippen LogP contribution in [0.3, 0.4) is 0 Å². The van der Waals surface area contributed by atoms with E-state index in [1.165, 1.54) is 31.5 Å². The summed E-state index contributed by atoms with van der Waals surface area (Å²) in [5.41, 5.74) is 1.41. The molecule has 0 radical (unpaired) electrons. The van der Waals surface area contributed by atoms with Gasteiger partial charge in [0.15, 0.2) is 5.78 Å². The van der Waals surface area contributed by atoms with Crippen LogP contribution >= 0.6 is 11.5 Å². The molecule has 1 aromatic heterocycles. The fraction of sp³-hybridized carbons (Fsp3) is 0.250. The van der Waals surface area contributed by atoms with Gasteiger partial charge in [0, 0.05) is 38.1 Å². The van der Waals surface area contributed by atoms with Crippen molar-refractivity contribution in [3.05, 3.63) is 35.7 Å². The lowest BCUT2D eigenvalue weighted by atomic mass is 10.1. The Bertz CT molecular complexity index is 823. The molecule has 0 spiro atoms. The number of hydrogen-bond donors (Lipinski definition) is 1. The molecule has 0 saturated heterocycles. The van der Waals surface area contributed by atoms with Crippen LogP contribution in [0.5, 0.6) is 0 Å². The van der Waals surface area contributed by atoms with Crippen LogP contribution in [-0.4, -0.2) is 29.0 Å². The number of Topliss-reactive ketones (excluding diaryl/α,β-unsaturated/α-hetero) is 1. The highest BCUT2D eigenvalue weighted by Crippen LogP contribution is 2.28. The maximum Gasteiger partial charge on any atom is 0.259 e. The summed E-state index contributed by atoms with van der Waals surface area (Å²) in [4.78, 5) is 37.0. The second-order valence-corrected chi connectivity index (χ2v) is 5.84. The predicted molar refractivity (Wildman–Crippen MR) is 90.6 cm³/mol. The van der Waals surface area contributed by atoms with Gasteiger partial charge in [-0.1, -0.05) is 0 Å². The Morgan fingerprint density at radius 3 is 2.48 bits per heavy atom. The van der Waals surface area contributed by atoms with Gasteiger partial charge >= 0.3 is 0 Å². The zero-order valence-corrected chi connectivity index (χ0v) is 14.2. The van der Waals surface area contributed by atoms with Gasteiger partial charge in [0.1, 0.15) is 5.69 Å². The van der Waals surface area contributed by atoms with Crippen molar-refractivity contribution >= 4 is 44.9 Å². The van der Waals surface area contributed by atoms with Gasteiger partial charge in [-0.05, 0) is 36.7 Å². The van der Waals surface area contributed by atoms with Crippen LogP contribution in [0.15, 0.2) is 30.0 Å². The molecule has 0 bridgehead atoms. The summed E-state index contributed by atoms with van der Waals surface area (Å²) < 4.78 is 4.96. The van der Waals surface area contributed by atoms with Crippen LogP contribution < -0.4 is 10.2 Å². The highest BCUT2D eigenvalue weighted by molar-refractivity contribution is 7.13. The standard InChI is InChI=1S/C16H17N3O3S/c1-9(17-4)7-15(22)19(11(3)21)12-5-6-14-13(8-12)16(10(2)20)18-23-14/h5-8,17H,1-4H3/b9-7-. The second-order valence-electron chi connectivity index (χ2n) is 5.04. The maximum absolute atomic E-state index is 12.4. The number of nitrogens with one attached hydrogen (secondary N) is 1. The molecule has 2 amide bonds. The number of carbonyl (C=O) groups is 3. The number of aromatic nitrogens is 1. The lowest BCUT2D eigenvalue weighted by Crippen LogP contribution is -2.34. The van der Waals surface area contributed by atoms with Crippen molar-refractivity contribution in [3.63, 3.8) is 0 Å². The van der Waals surface area contributed by atoms with Gasteiger partial charge < -0.3 is 5.32 Å². The molecule has 1 heterocycles. The molecule has 1 aromatic carbocycles. The average Bonchev–Trinajstić information content (AvgIpc) is 2.90. The largest absolute Gasteiger partial charge is 0.391 e. The third-order valence-electron chi connectivity index (χ3n) is 3.31. The van der Waals surface area contributed by atoms with E-state index in [-0.39, 0.29) is 5.78 Å². The van der Waals surface area contributed by atoms with Crippen LogP contribution in [-0.2, 0) is 9.59 Å². The van der Waals surface area contributed by atoms with Crippen LogP contribution in [0.4, 0.5) is 5.69 Å². The fourth-order valence-corrected chi connectivity index (χ4v) is 2.91. The molecular weight excluding hydrogens is 314 g/mol. The molecule has 6 nitrogen and oxygen atoms in total. The predicted octanol–water partition coefficient (Wildman–Crippen LogP) is 2.50. The van der Waals surface area contributed by atoms with Gasteiger partial charge in [0.25, 0.3) is 5.91 Å². The summed E-state index contributed by atoms with van der Waals surface area (Å²) in [6.07, 6.45) is 1.35. The number of allylic oxidation sites excluding steroid dienone is 1. The normalized spacial score (nSPS) is 11.4. The fourth-order valence-electron chi connectivity index (χ4n) is 2.11. The third kappa shape index (κ3) is 3.45. The second kappa shape index (κ2) is 6.70. The first-order valence-electron chi connectivity index (χ1n) is 6.96. The van der Waals surface area contributed by atoms with Crippen molar-refractivity contribution in [1.82, 2.24) is 9.69 Å². The highest BCUT2D eigenvalue weighted by atomic mass is 32.1. The lowest BCUT2D eigenvalue weighted by molar-refractivity contribution is -0.123. The molecule has 0 fully saturated rings. The first-order chi connectivity index (χ1) is 10.8. The number of imide groups is 1. The SMILES string of the molecule is CN/C(C)=C\C(=O)N(C(C)=O)c1ccc2snc(C(C)=O)c2c1. The van der Waals surface area contributed by atoms with E-state index in [9.17, 15) is 14.4 Å². The Morgan fingerprint density at radius 1 is 1.22 bits per heavy atom. The van der Waals surface area contributed by atoms with Crippen molar-refractivity contribution in [3.8, 4) is 0 Å². The van der Waals surface area contributed by atoms with E-state index in [2.05, 4.69) is 9.69 Å². The summed E-state index contributed by atoms with van der Waals surface area (Å²) in [6, 6.07) is 5.08. The number of hydrogen-bond acceptors (Lipinski definition) is 6. The van der Waals surface area contributed by atoms with E-state index in [1.54, 1.807) is 32.2 Å². The summed E-state index contributed by atoms with van der Waals surface area (Å²) in [5, 5.41) is 3.49. The van der Waals surface area contributed by atoms with Crippen molar-refractivity contribution in [2.24, 2.45) is 0 Å². The summed E-state index contributed by atoms with van der Waals surface area (Å²) in [7, 11) is 1.69. The average molecular weight is 331 g/mol. The molecule has 0 unspecified atom stereocenters. The number of nitrogens with zero attached hydrogens (tertiary/aromatic N) is 2. The Morgan fingerprint density at radius 2 is 1.91 bits per heavy atom. The highest BCUT2D eigenvalue weighted by Gasteiger charge is 2.20. The first kappa shape index (κ1) is 16.8. The van der Waals surface area contributed by atoms with Crippen molar-refractivity contribution in [2.75, 3.05) is 11.9 Å². The van der Waals surface area contributed by atoms with Crippen LogP contribution in [0.2, 0.25) is 0 Å². The maximum atomic E-state index is 12.4. The smallest absolute Gasteiger partial charge is 0.259 e. The van der Waals surface area contributed by atoms with Crippen LogP contribution in [0.25, 0.3) is 10.1 Å². The minimum absolute atomic E-state index is 0.153. The quantitative estimate of drug-likeness (QED) is 0.688. The minimum atomic E-state index is -0.448. The van der Waals surface area contributed by atoms with Gasteiger partial charge in [-0.3, -0.25) is 14.4 Å². The van der Waals surface area contributed by atoms with Crippen molar-refractivity contribution in [1.29, 1.82) is 0 Å². The number of anilines is 1.